The summed E-state index contributed by atoms with van der Waals surface area (Å²) in [5.41, 5.74) is 5.38. The van der Waals surface area contributed by atoms with Gasteiger partial charge in [-0.2, -0.15) is 0 Å². The first-order valence-electron chi connectivity index (χ1n) is 4.73. The summed E-state index contributed by atoms with van der Waals surface area (Å²) in [6, 6.07) is 0.558. The van der Waals surface area contributed by atoms with Crippen molar-refractivity contribution >= 4 is 0 Å². The second kappa shape index (κ2) is 8.97. The quantitative estimate of drug-likeness (QED) is 0.534. The van der Waals surface area contributed by atoms with Gasteiger partial charge in [-0.15, -0.1) is 0 Å². The van der Waals surface area contributed by atoms with Crippen molar-refractivity contribution < 1.29 is 4.74 Å². The molecule has 0 aromatic rings. The molecule has 0 aliphatic carbocycles. The van der Waals surface area contributed by atoms with Crippen molar-refractivity contribution in [3.63, 3.8) is 0 Å². The van der Waals surface area contributed by atoms with E-state index in [1.807, 2.05) is 0 Å². The molecule has 0 heterocycles. The molecule has 1 atom stereocenters. The second-order valence-corrected chi connectivity index (χ2v) is 3.13. The minimum Gasteiger partial charge on any atom is -0.385 e. The van der Waals surface area contributed by atoms with Gasteiger partial charge in [-0.25, -0.2) is 0 Å². The summed E-state index contributed by atoms with van der Waals surface area (Å²) in [5.74, 6) is 0. The van der Waals surface area contributed by atoms with E-state index < -0.39 is 0 Å². The van der Waals surface area contributed by atoms with Gasteiger partial charge in [-0.3, -0.25) is 0 Å². The van der Waals surface area contributed by atoms with Crippen molar-refractivity contribution in [2.75, 3.05) is 26.8 Å². The monoisotopic (exact) mass is 174 g/mol. The van der Waals surface area contributed by atoms with Crippen molar-refractivity contribution in [3.8, 4) is 0 Å². The number of nitrogens with one attached hydrogen (secondary N) is 1. The Labute approximate surface area is 75.7 Å². The number of rotatable bonds is 8. The molecule has 1 unspecified atom stereocenters. The number of methoxy groups -OCH3 is 1. The van der Waals surface area contributed by atoms with Crippen LogP contribution in [0.3, 0.4) is 0 Å². The Morgan fingerprint density at radius 3 is 2.75 bits per heavy atom. The van der Waals surface area contributed by atoms with Crippen LogP contribution in [0, 0.1) is 0 Å². The van der Waals surface area contributed by atoms with Crippen molar-refractivity contribution in [2.45, 2.75) is 32.2 Å². The molecule has 0 aromatic heterocycles. The van der Waals surface area contributed by atoms with Gasteiger partial charge in [-0.05, 0) is 39.3 Å². The third-order valence-electron chi connectivity index (χ3n) is 1.88. The molecule has 0 radical (unpaired) electrons. The number of ether oxygens (including phenoxy) is 1. The lowest BCUT2D eigenvalue weighted by molar-refractivity contribution is 0.185. The van der Waals surface area contributed by atoms with Gasteiger partial charge in [0, 0.05) is 19.8 Å². The predicted molar refractivity (Wildman–Crippen MR) is 52.2 cm³/mol. The molecule has 12 heavy (non-hydrogen) atoms. The van der Waals surface area contributed by atoms with E-state index in [-0.39, 0.29) is 0 Å². The van der Waals surface area contributed by atoms with Crippen LogP contribution in [-0.2, 0) is 4.74 Å². The molecule has 3 N–H and O–H groups in total. The molecule has 0 aromatic carbocycles. The van der Waals surface area contributed by atoms with Gasteiger partial charge >= 0.3 is 0 Å². The van der Waals surface area contributed by atoms with Gasteiger partial charge < -0.3 is 15.8 Å². The first kappa shape index (κ1) is 11.9. The zero-order valence-corrected chi connectivity index (χ0v) is 8.31. The van der Waals surface area contributed by atoms with E-state index in [2.05, 4.69) is 12.2 Å². The zero-order chi connectivity index (χ0) is 9.23. The van der Waals surface area contributed by atoms with Gasteiger partial charge in [-0.1, -0.05) is 0 Å². The average molecular weight is 174 g/mol. The van der Waals surface area contributed by atoms with Crippen molar-refractivity contribution in [1.82, 2.24) is 5.32 Å². The third kappa shape index (κ3) is 7.98. The highest BCUT2D eigenvalue weighted by Gasteiger charge is 1.98. The molecule has 0 fully saturated rings. The maximum atomic E-state index is 5.38. The molecule has 0 aliphatic rings. The van der Waals surface area contributed by atoms with Crippen LogP contribution in [0.15, 0.2) is 0 Å². The fourth-order valence-corrected chi connectivity index (χ4v) is 1.01. The Hall–Kier alpha value is -0.120. The van der Waals surface area contributed by atoms with Gasteiger partial charge in [0.15, 0.2) is 0 Å². The molecule has 0 aliphatic heterocycles. The summed E-state index contributed by atoms with van der Waals surface area (Å²) in [4.78, 5) is 0. The number of hydrogen-bond acceptors (Lipinski definition) is 3. The second-order valence-electron chi connectivity index (χ2n) is 3.13. The standard InChI is InChI=1S/C9H22N2O/c1-9(5-8-12-2)11-7-4-3-6-10/h9,11H,3-8,10H2,1-2H3. The summed E-state index contributed by atoms with van der Waals surface area (Å²) in [7, 11) is 1.74. The molecule has 74 valence electrons. The number of nitrogens with two attached hydrogens (primary N) is 1. The summed E-state index contributed by atoms with van der Waals surface area (Å²) in [5, 5.41) is 3.42. The van der Waals surface area contributed by atoms with Gasteiger partial charge in [0.05, 0.1) is 0 Å². The maximum Gasteiger partial charge on any atom is 0.0476 e. The highest BCUT2D eigenvalue weighted by molar-refractivity contribution is 4.59. The Morgan fingerprint density at radius 2 is 2.17 bits per heavy atom. The van der Waals surface area contributed by atoms with Crippen LogP contribution in [0.2, 0.25) is 0 Å². The van der Waals surface area contributed by atoms with Crippen LogP contribution in [0.4, 0.5) is 0 Å². The molecule has 0 rings (SSSR count). The smallest absolute Gasteiger partial charge is 0.0476 e. The van der Waals surface area contributed by atoms with Crippen LogP contribution >= 0.6 is 0 Å². The zero-order valence-electron chi connectivity index (χ0n) is 8.31. The third-order valence-corrected chi connectivity index (χ3v) is 1.88. The first-order chi connectivity index (χ1) is 5.81. The minimum absolute atomic E-state index is 0.558. The Balaban J connectivity index is 3.02. The fourth-order valence-electron chi connectivity index (χ4n) is 1.01. The molecule has 0 saturated heterocycles. The lowest BCUT2D eigenvalue weighted by Gasteiger charge is -2.12. The highest BCUT2D eigenvalue weighted by atomic mass is 16.5. The lowest BCUT2D eigenvalue weighted by Crippen LogP contribution is -2.28. The van der Waals surface area contributed by atoms with E-state index in [9.17, 15) is 0 Å². The number of hydrogen-bond donors (Lipinski definition) is 2. The summed E-state index contributed by atoms with van der Waals surface area (Å²) < 4.78 is 4.98. The van der Waals surface area contributed by atoms with Crippen LogP contribution in [0.25, 0.3) is 0 Å². The SMILES string of the molecule is COCCC(C)NCCCCN. The molecule has 3 nitrogen and oxygen atoms in total. The molecular formula is C9H22N2O. The molecule has 0 amide bonds. The highest BCUT2D eigenvalue weighted by Crippen LogP contribution is 1.91. The Kier molecular flexibility index (Phi) is 8.88. The summed E-state index contributed by atoms with van der Waals surface area (Å²) in [6.45, 7) is 4.89. The minimum atomic E-state index is 0.558. The lowest BCUT2D eigenvalue weighted by atomic mass is 10.2. The predicted octanol–water partition coefficient (Wildman–Crippen LogP) is 0.740. The van der Waals surface area contributed by atoms with Crippen LogP contribution in [0.5, 0.6) is 0 Å². The Bertz CT molecular complexity index is 88.6. The van der Waals surface area contributed by atoms with Gasteiger partial charge in [0.1, 0.15) is 0 Å². The largest absolute Gasteiger partial charge is 0.385 e. The molecule has 3 heteroatoms. The Morgan fingerprint density at radius 1 is 1.42 bits per heavy atom. The molecule has 0 bridgehead atoms. The van der Waals surface area contributed by atoms with E-state index in [1.54, 1.807) is 7.11 Å². The van der Waals surface area contributed by atoms with Crippen LogP contribution in [0.1, 0.15) is 26.2 Å². The van der Waals surface area contributed by atoms with E-state index >= 15 is 0 Å². The molecular weight excluding hydrogens is 152 g/mol. The topological polar surface area (TPSA) is 47.3 Å². The number of unbranched alkanes of at least 4 members (excludes halogenated alkanes) is 1. The van der Waals surface area contributed by atoms with E-state index in [1.165, 1.54) is 6.42 Å². The van der Waals surface area contributed by atoms with Crippen LogP contribution in [-0.4, -0.2) is 32.8 Å². The van der Waals surface area contributed by atoms with E-state index in [4.69, 9.17) is 10.5 Å². The average Bonchev–Trinajstić information content (AvgIpc) is 2.09. The van der Waals surface area contributed by atoms with E-state index in [0.717, 1.165) is 32.5 Å². The van der Waals surface area contributed by atoms with E-state index in [0.29, 0.717) is 6.04 Å². The van der Waals surface area contributed by atoms with Crippen molar-refractivity contribution in [1.29, 1.82) is 0 Å². The normalized spacial score (nSPS) is 13.2. The molecule has 0 spiro atoms. The van der Waals surface area contributed by atoms with Crippen LogP contribution < -0.4 is 11.1 Å². The van der Waals surface area contributed by atoms with Crippen molar-refractivity contribution in [2.24, 2.45) is 5.73 Å². The van der Waals surface area contributed by atoms with Gasteiger partial charge in [0.25, 0.3) is 0 Å². The maximum absolute atomic E-state index is 5.38. The van der Waals surface area contributed by atoms with Gasteiger partial charge in [0.2, 0.25) is 0 Å². The first-order valence-corrected chi connectivity index (χ1v) is 4.73. The molecule has 0 saturated carbocycles. The van der Waals surface area contributed by atoms with Crippen molar-refractivity contribution in [3.05, 3.63) is 0 Å². The fraction of sp³-hybridized carbons (Fsp3) is 1.00. The summed E-state index contributed by atoms with van der Waals surface area (Å²) in [6.07, 6.45) is 3.37. The summed E-state index contributed by atoms with van der Waals surface area (Å²) >= 11 is 0.